The zero-order valence-electron chi connectivity index (χ0n) is 62.1. The van der Waals surface area contributed by atoms with Gasteiger partial charge in [0.15, 0.2) is 0 Å². The highest BCUT2D eigenvalue weighted by Gasteiger charge is 2.31. The summed E-state index contributed by atoms with van der Waals surface area (Å²) in [5, 5.41) is 2.14. The lowest BCUT2D eigenvalue weighted by Gasteiger charge is -2.33. The van der Waals surface area contributed by atoms with Crippen LogP contribution in [0.15, 0.2) is 140 Å². The Hall–Kier alpha value is -4.71. The van der Waals surface area contributed by atoms with Crippen LogP contribution in [-0.4, -0.2) is 6.61 Å². The lowest BCUT2D eigenvalue weighted by atomic mass is 9.72. The predicted molar refractivity (Wildman–Crippen MR) is 404 cm³/mol. The first-order chi connectivity index (χ1) is 41.8. The fourth-order valence-corrected chi connectivity index (χ4v) is 10.8. The second-order valence-electron chi connectivity index (χ2n) is 31.9. The van der Waals surface area contributed by atoms with Crippen LogP contribution in [0.4, 0.5) is 13.2 Å². The molecule has 7 aromatic carbocycles. The monoisotopic (exact) mass is 1340 g/mol. The number of benzene rings is 7. The Morgan fingerprint density at radius 3 is 1.13 bits per heavy atom. The van der Waals surface area contributed by atoms with Gasteiger partial charge in [-0.3, -0.25) is 0 Å². The molecule has 0 bridgehead atoms. The Morgan fingerprint density at radius 2 is 0.750 bits per heavy atom. The zero-order chi connectivity index (χ0) is 71.2. The van der Waals surface area contributed by atoms with Crippen LogP contribution in [-0.2, 0) is 38.7 Å². The van der Waals surface area contributed by atoms with Gasteiger partial charge >= 0.3 is 6.18 Å². The second kappa shape index (κ2) is 37.0. The van der Waals surface area contributed by atoms with E-state index in [0.29, 0.717) is 31.1 Å². The molecule has 7 aromatic rings. The van der Waals surface area contributed by atoms with Crippen LogP contribution in [0, 0.1) is 53.9 Å². The largest absolute Gasteiger partial charge is 0.494 e. The maximum Gasteiger partial charge on any atom is 0.416 e. The molecule has 0 aliphatic rings. The Bertz CT molecular complexity index is 3220. The first kappa shape index (κ1) is 85.3. The Kier molecular flexibility index (Phi) is 34.3. The maximum atomic E-state index is 12.1. The summed E-state index contributed by atoms with van der Waals surface area (Å²) in [6.07, 6.45) is 1.98. The molecule has 0 atom stereocenters. The zero-order valence-corrected chi connectivity index (χ0v) is 65.1. The van der Waals surface area contributed by atoms with Gasteiger partial charge in [-0.1, -0.05) is 330 Å². The molecule has 8 heteroatoms. The summed E-state index contributed by atoms with van der Waals surface area (Å²) in [6, 6.07) is 46.4. The SMILES string of the molecule is CCCCCCOc1ccc(C)cc1.Cc1c(Cl)cc(Cl)cc1Cl.Cc1cc(C(C)(C)C)cc(C(C)(C)C)c1.Cc1cc(C(F)(F)F)ccc1Cl.Cc1ccc(C(C)(C)C)cc1.Cc1ccc(C(C)(C)C)cc1C(C)(C)C.Cc1ccc(C(C)(C)CC(C)(C)C)cc1. The van der Waals surface area contributed by atoms with E-state index < -0.39 is 11.7 Å². The van der Waals surface area contributed by atoms with Crippen LogP contribution >= 0.6 is 46.4 Å². The van der Waals surface area contributed by atoms with E-state index in [1.807, 2.05) is 19.1 Å². The summed E-state index contributed by atoms with van der Waals surface area (Å²) in [4.78, 5) is 0. The van der Waals surface area contributed by atoms with Crippen molar-refractivity contribution in [3.05, 3.63) is 238 Å². The Morgan fingerprint density at radius 1 is 0.348 bits per heavy atom. The predicted octanol–water partition coefficient (Wildman–Crippen LogP) is 28.8. The number of alkyl halides is 3. The third kappa shape index (κ3) is 33.6. The Labute approximate surface area is 580 Å². The van der Waals surface area contributed by atoms with Gasteiger partial charge in [0.25, 0.3) is 0 Å². The van der Waals surface area contributed by atoms with Gasteiger partial charge in [-0.25, -0.2) is 0 Å². The number of hydrogen-bond donors (Lipinski definition) is 0. The molecule has 0 radical (unpaired) electrons. The van der Waals surface area contributed by atoms with Crippen molar-refractivity contribution < 1.29 is 17.9 Å². The van der Waals surface area contributed by atoms with Gasteiger partial charge < -0.3 is 4.74 Å². The van der Waals surface area contributed by atoms with Crippen molar-refractivity contribution in [2.75, 3.05) is 6.61 Å². The van der Waals surface area contributed by atoms with Gasteiger partial charge in [0.2, 0.25) is 0 Å². The standard InChI is InChI=1S/3C15H24.C13H20O.C11H16.C8H6ClF3.C7H5Cl3/c1-11-8-12(14(2,3)4)10-13(9-11)15(5,6)7;1-11-8-9-12(14(2,3)4)10-13(11)15(5,6)7;1-12-7-9-13(10-8-12)15(5,6)11-14(2,3)4;1-3-4-5-6-11-14-13-9-7-12(2)8-10-13;1-9-5-7-10(8-6-9)11(2,3)4;1-5-4-6(8(10,11)12)2-3-7(5)9;1-4-6(9)2-5(8)3-7(4)10/h2*8-10H,1-7H3;7-10H,11H2,1-6H3;7-10H,3-6,11H2,1-2H3;5-8H,1-4H3;2-4H,1H3;2-3H,1H3. The molecule has 0 unspecified atom stereocenters. The molecule has 0 amide bonds. The molecule has 0 aliphatic heterocycles. The summed E-state index contributed by atoms with van der Waals surface area (Å²) in [7, 11) is 0. The van der Waals surface area contributed by atoms with E-state index in [9.17, 15) is 13.2 Å². The fraction of sp³-hybridized carbons (Fsp3) is 0.500. The van der Waals surface area contributed by atoms with Crippen molar-refractivity contribution in [2.45, 2.75) is 265 Å². The number of hydrogen-bond acceptors (Lipinski definition) is 1. The van der Waals surface area contributed by atoms with Crippen molar-refractivity contribution in [1.29, 1.82) is 0 Å². The van der Waals surface area contributed by atoms with Crippen LogP contribution in [0.5, 0.6) is 5.75 Å². The van der Waals surface area contributed by atoms with Crippen LogP contribution in [0.1, 0.15) is 255 Å². The highest BCUT2D eigenvalue weighted by molar-refractivity contribution is 6.39. The lowest BCUT2D eigenvalue weighted by molar-refractivity contribution is -0.137. The topological polar surface area (TPSA) is 9.23 Å². The van der Waals surface area contributed by atoms with E-state index in [1.54, 1.807) is 12.1 Å². The van der Waals surface area contributed by atoms with Crippen LogP contribution in [0.3, 0.4) is 0 Å². The number of rotatable bonds is 8. The van der Waals surface area contributed by atoms with Crippen LogP contribution < -0.4 is 4.74 Å². The minimum Gasteiger partial charge on any atom is -0.494 e. The van der Waals surface area contributed by atoms with Crippen molar-refractivity contribution in [2.24, 2.45) is 5.41 Å². The van der Waals surface area contributed by atoms with E-state index in [4.69, 9.17) is 51.1 Å². The van der Waals surface area contributed by atoms with E-state index >= 15 is 0 Å². The smallest absolute Gasteiger partial charge is 0.416 e. The van der Waals surface area contributed by atoms with Gasteiger partial charge in [-0.05, 0) is 192 Å². The van der Waals surface area contributed by atoms with Gasteiger partial charge in [0.05, 0.1) is 12.2 Å². The number of aryl methyl sites for hydroxylation is 6. The molecule has 0 spiro atoms. The average Bonchev–Trinajstić information content (AvgIpc) is 0.876. The molecule has 1 nitrogen and oxygen atoms in total. The first-order valence-corrected chi connectivity index (χ1v) is 34.3. The highest BCUT2D eigenvalue weighted by atomic mass is 35.5. The van der Waals surface area contributed by atoms with Gasteiger partial charge in [-0.15, -0.1) is 0 Å². The van der Waals surface area contributed by atoms with E-state index in [1.165, 1.54) is 106 Å². The Balaban J connectivity index is 0.000000539. The lowest BCUT2D eigenvalue weighted by Crippen LogP contribution is -2.24. The van der Waals surface area contributed by atoms with E-state index in [0.717, 1.165) is 30.1 Å². The number of ether oxygens (including phenoxy) is 1. The quantitative estimate of drug-likeness (QED) is 0.138. The normalized spacial score (nSPS) is 11.9. The van der Waals surface area contributed by atoms with E-state index in [-0.39, 0.29) is 32.5 Å². The van der Waals surface area contributed by atoms with Crippen molar-refractivity contribution in [3.63, 3.8) is 0 Å². The summed E-state index contributed by atoms with van der Waals surface area (Å²) < 4.78 is 41.8. The first-order valence-electron chi connectivity index (χ1n) is 32.8. The number of halogens is 7. The van der Waals surface area contributed by atoms with Gasteiger partial charge in [0, 0.05) is 20.1 Å². The highest BCUT2D eigenvalue weighted by Crippen LogP contribution is 2.37. The molecule has 7 rings (SSSR count). The minimum atomic E-state index is -4.28. The molecular formula is C84H119Cl4F3O. The summed E-state index contributed by atoms with van der Waals surface area (Å²) in [5.74, 6) is 0.993. The summed E-state index contributed by atoms with van der Waals surface area (Å²) >= 11 is 22.7. The van der Waals surface area contributed by atoms with E-state index in [2.05, 4.69) is 277 Å². The molecule has 0 aliphatic carbocycles. The molecule has 92 heavy (non-hydrogen) atoms. The molecular weight excluding hydrogens is 1220 g/mol. The van der Waals surface area contributed by atoms with Gasteiger partial charge in [-0.2, -0.15) is 13.2 Å². The third-order valence-electron chi connectivity index (χ3n) is 15.5. The maximum absolute atomic E-state index is 12.1. The van der Waals surface area contributed by atoms with Crippen LogP contribution in [0.25, 0.3) is 0 Å². The summed E-state index contributed by atoms with van der Waals surface area (Å²) in [6.45, 7) is 62.8. The molecule has 0 saturated carbocycles. The minimum absolute atomic E-state index is 0.241. The molecule has 0 N–H and O–H groups in total. The number of unbranched alkanes of at least 4 members (excludes halogenated alkanes) is 3. The molecule has 0 aromatic heterocycles. The summed E-state index contributed by atoms with van der Waals surface area (Å²) in [5.41, 5.74) is 17.9. The third-order valence-corrected chi connectivity index (χ3v) is 16.9. The van der Waals surface area contributed by atoms with Crippen molar-refractivity contribution in [3.8, 4) is 5.75 Å². The van der Waals surface area contributed by atoms with Crippen molar-refractivity contribution >= 4 is 46.4 Å². The molecule has 0 heterocycles. The molecule has 510 valence electrons. The second-order valence-corrected chi connectivity index (χ2v) is 33.6. The average molecular weight is 1340 g/mol. The molecule has 0 saturated heterocycles. The molecule has 0 fully saturated rings. The van der Waals surface area contributed by atoms with Crippen LogP contribution in [0.2, 0.25) is 20.1 Å². The van der Waals surface area contributed by atoms with Gasteiger partial charge in [0.1, 0.15) is 5.75 Å². The fourth-order valence-electron chi connectivity index (χ4n) is 9.82. The van der Waals surface area contributed by atoms with Crippen molar-refractivity contribution in [1.82, 2.24) is 0 Å².